The first-order chi connectivity index (χ1) is 33.9. The van der Waals surface area contributed by atoms with Crippen LogP contribution in [0.4, 0.5) is 0 Å². The van der Waals surface area contributed by atoms with Crippen LogP contribution in [0.1, 0.15) is 328 Å². The second kappa shape index (κ2) is 58.1. The molecule has 0 heterocycles. The highest BCUT2D eigenvalue weighted by Crippen LogP contribution is 2.43. The normalized spacial score (nSPS) is 13.2. The van der Waals surface area contributed by atoms with E-state index in [4.69, 9.17) is 24.3 Å². The lowest BCUT2D eigenvalue weighted by Crippen LogP contribution is -2.28. The number of hydrogen-bond acceptors (Lipinski definition) is 7. The van der Waals surface area contributed by atoms with Crippen LogP contribution in [0, 0.1) is 0 Å². The largest absolute Gasteiger partial charge is 0.472 e. The second-order valence-electron chi connectivity index (χ2n) is 20.9. The average molecular weight is 999 g/mol. The van der Waals surface area contributed by atoms with Crippen LogP contribution in [0.3, 0.4) is 0 Å². The Kier molecular flexibility index (Phi) is 57.5. The lowest BCUT2D eigenvalue weighted by Gasteiger charge is -2.20. The van der Waals surface area contributed by atoms with Crippen LogP contribution in [-0.4, -0.2) is 49.9 Å². The number of rotatable bonds is 60. The maximum Gasteiger partial charge on any atom is 0.472 e. The molecular formula is C60H120NO7P. The molecule has 0 spiro atoms. The summed E-state index contributed by atoms with van der Waals surface area (Å²) in [4.78, 5) is 22.7. The summed E-state index contributed by atoms with van der Waals surface area (Å²) in [7, 11) is -4.28. The van der Waals surface area contributed by atoms with Crippen molar-refractivity contribution in [3.05, 3.63) is 12.2 Å². The third kappa shape index (κ3) is 58.0. The van der Waals surface area contributed by atoms with Crippen molar-refractivity contribution in [1.82, 2.24) is 0 Å². The molecule has 69 heavy (non-hydrogen) atoms. The minimum atomic E-state index is -4.28. The molecule has 2 atom stereocenters. The van der Waals surface area contributed by atoms with Crippen molar-refractivity contribution in [3.8, 4) is 0 Å². The fraction of sp³-hybridized carbons (Fsp3) is 0.950. The topological polar surface area (TPSA) is 117 Å². The molecular weight excluding hydrogens is 878 g/mol. The SMILES string of the molecule is CCCCCCCCCC/C=C\CCCCCCCCCCCCCCCCOCC(COP(=O)(O)OCCN)OC(=O)CCCCCCCCCCCCCCCCCCCCCCCCCC. The van der Waals surface area contributed by atoms with Crippen molar-refractivity contribution in [1.29, 1.82) is 0 Å². The predicted octanol–water partition coefficient (Wildman–Crippen LogP) is 19.7. The Morgan fingerprint density at radius 2 is 0.725 bits per heavy atom. The second-order valence-corrected chi connectivity index (χ2v) is 22.4. The van der Waals surface area contributed by atoms with E-state index >= 15 is 0 Å². The maximum absolute atomic E-state index is 12.7. The van der Waals surface area contributed by atoms with Gasteiger partial charge in [-0.2, -0.15) is 0 Å². The fourth-order valence-electron chi connectivity index (χ4n) is 9.41. The number of phosphoric acid groups is 1. The molecule has 3 N–H and O–H groups in total. The molecule has 0 bridgehead atoms. The fourth-order valence-corrected chi connectivity index (χ4v) is 10.2. The Labute approximate surface area is 430 Å². The summed E-state index contributed by atoms with van der Waals surface area (Å²) in [6, 6.07) is 0. The van der Waals surface area contributed by atoms with E-state index in [9.17, 15) is 14.3 Å². The number of hydrogen-bond donors (Lipinski definition) is 2. The van der Waals surface area contributed by atoms with Gasteiger partial charge in [0, 0.05) is 19.6 Å². The first kappa shape index (κ1) is 68.2. The predicted molar refractivity (Wildman–Crippen MR) is 298 cm³/mol. The number of ether oxygens (including phenoxy) is 2. The zero-order valence-electron chi connectivity index (χ0n) is 46.3. The third-order valence-electron chi connectivity index (χ3n) is 13.9. The molecule has 0 amide bonds. The standard InChI is InChI=1S/C60H120NO7P/c1-3-5-7-9-11-13-15-17-19-21-23-25-27-29-30-32-34-36-38-40-42-44-46-48-50-52-55-65-57-59(58-67-69(63,64)66-56-54-61)68-60(62)53-51-49-47-45-43-41-39-37-35-33-31-28-26-24-22-20-18-16-14-12-10-8-6-4-2/h21,23,59H,3-20,22,24-58,61H2,1-2H3,(H,63,64)/b23-21-. The molecule has 8 nitrogen and oxygen atoms in total. The van der Waals surface area contributed by atoms with Gasteiger partial charge >= 0.3 is 13.8 Å². The van der Waals surface area contributed by atoms with Crippen molar-refractivity contribution < 1.29 is 32.8 Å². The summed E-state index contributed by atoms with van der Waals surface area (Å²) in [5.41, 5.74) is 5.41. The van der Waals surface area contributed by atoms with E-state index in [0.29, 0.717) is 13.0 Å². The van der Waals surface area contributed by atoms with Gasteiger partial charge in [-0.25, -0.2) is 4.57 Å². The van der Waals surface area contributed by atoms with Crippen LogP contribution in [-0.2, 0) is 27.9 Å². The van der Waals surface area contributed by atoms with Crippen molar-refractivity contribution in [3.63, 3.8) is 0 Å². The first-order valence-electron chi connectivity index (χ1n) is 30.7. The monoisotopic (exact) mass is 998 g/mol. The van der Waals surface area contributed by atoms with Crippen LogP contribution in [0.25, 0.3) is 0 Å². The van der Waals surface area contributed by atoms with E-state index in [1.54, 1.807) is 0 Å². The molecule has 0 aliphatic carbocycles. The molecule has 412 valence electrons. The van der Waals surface area contributed by atoms with Crippen LogP contribution in [0.5, 0.6) is 0 Å². The van der Waals surface area contributed by atoms with Gasteiger partial charge in [0.2, 0.25) is 0 Å². The van der Waals surface area contributed by atoms with Crippen LogP contribution >= 0.6 is 7.82 Å². The highest BCUT2D eigenvalue weighted by molar-refractivity contribution is 7.47. The molecule has 0 aromatic heterocycles. The quantitative estimate of drug-likeness (QED) is 0.0268. The molecule has 2 unspecified atom stereocenters. The number of carbonyl (C=O) groups is 1. The van der Waals surface area contributed by atoms with E-state index < -0.39 is 13.9 Å². The molecule has 0 rings (SSSR count). The third-order valence-corrected chi connectivity index (χ3v) is 14.9. The van der Waals surface area contributed by atoms with Crippen LogP contribution in [0.15, 0.2) is 12.2 Å². The van der Waals surface area contributed by atoms with Gasteiger partial charge in [0.25, 0.3) is 0 Å². The Morgan fingerprint density at radius 1 is 0.420 bits per heavy atom. The van der Waals surface area contributed by atoms with Crippen LogP contribution in [0.2, 0.25) is 0 Å². The minimum Gasteiger partial charge on any atom is -0.457 e. The molecule has 0 aromatic rings. The van der Waals surface area contributed by atoms with Gasteiger partial charge in [-0.15, -0.1) is 0 Å². The van der Waals surface area contributed by atoms with E-state index in [0.717, 1.165) is 32.1 Å². The van der Waals surface area contributed by atoms with Gasteiger partial charge in [0.1, 0.15) is 6.10 Å². The lowest BCUT2D eigenvalue weighted by molar-refractivity contribution is -0.154. The summed E-state index contributed by atoms with van der Waals surface area (Å²) in [5, 5.41) is 0. The molecule has 0 aromatic carbocycles. The minimum absolute atomic E-state index is 0.0909. The summed E-state index contributed by atoms with van der Waals surface area (Å²) in [6.07, 6.45) is 68.5. The highest BCUT2D eigenvalue weighted by atomic mass is 31.2. The lowest BCUT2D eigenvalue weighted by atomic mass is 10.0. The van der Waals surface area contributed by atoms with E-state index in [-0.39, 0.29) is 32.3 Å². The molecule has 9 heteroatoms. The van der Waals surface area contributed by atoms with Gasteiger partial charge in [0.05, 0.1) is 19.8 Å². The van der Waals surface area contributed by atoms with Gasteiger partial charge in [-0.1, -0.05) is 296 Å². The van der Waals surface area contributed by atoms with Gasteiger partial charge < -0.3 is 20.1 Å². The smallest absolute Gasteiger partial charge is 0.457 e. The molecule has 0 saturated heterocycles. The number of allylic oxidation sites excluding steroid dienone is 2. The zero-order chi connectivity index (χ0) is 50.1. The van der Waals surface area contributed by atoms with E-state index in [2.05, 4.69) is 26.0 Å². The number of esters is 1. The Balaban J connectivity index is 3.80. The molecule has 0 aliphatic rings. The average Bonchev–Trinajstić information content (AvgIpc) is 3.34. The summed E-state index contributed by atoms with van der Waals surface area (Å²) >= 11 is 0. The molecule has 0 radical (unpaired) electrons. The van der Waals surface area contributed by atoms with Gasteiger partial charge in [-0.05, 0) is 38.5 Å². The summed E-state index contributed by atoms with van der Waals surface area (Å²) in [6.45, 7) is 5.01. The Morgan fingerprint density at radius 3 is 1.06 bits per heavy atom. The first-order valence-corrected chi connectivity index (χ1v) is 32.2. The molecule has 0 aliphatic heterocycles. The van der Waals surface area contributed by atoms with Gasteiger partial charge in [0.15, 0.2) is 0 Å². The Bertz CT molecular complexity index is 1080. The Hall–Kier alpha value is -0.760. The van der Waals surface area contributed by atoms with Crippen molar-refractivity contribution in [2.75, 3.05) is 33.0 Å². The molecule has 0 fully saturated rings. The number of nitrogens with two attached hydrogens (primary N) is 1. The summed E-state index contributed by atoms with van der Waals surface area (Å²) < 4.78 is 33.8. The molecule has 0 saturated carbocycles. The van der Waals surface area contributed by atoms with Crippen molar-refractivity contribution in [2.45, 2.75) is 335 Å². The van der Waals surface area contributed by atoms with Gasteiger partial charge in [-0.3, -0.25) is 13.8 Å². The number of unbranched alkanes of at least 4 members (excludes halogenated alkanes) is 45. The van der Waals surface area contributed by atoms with Crippen LogP contribution < -0.4 is 5.73 Å². The highest BCUT2D eigenvalue weighted by Gasteiger charge is 2.25. The maximum atomic E-state index is 12.7. The van der Waals surface area contributed by atoms with E-state index in [1.165, 1.54) is 276 Å². The van der Waals surface area contributed by atoms with Crippen molar-refractivity contribution in [2.24, 2.45) is 5.73 Å². The van der Waals surface area contributed by atoms with Crippen molar-refractivity contribution >= 4 is 13.8 Å². The number of phosphoric ester groups is 1. The summed E-state index contributed by atoms with van der Waals surface area (Å²) in [5.74, 6) is -0.320. The number of carbonyl (C=O) groups excluding carboxylic acids is 1. The zero-order valence-corrected chi connectivity index (χ0v) is 47.2. The van der Waals surface area contributed by atoms with E-state index in [1.807, 2.05) is 0 Å².